The van der Waals surface area contributed by atoms with Crippen LogP contribution in [0.25, 0.3) is 11.0 Å². The van der Waals surface area contributed by atoms with Crippen LogP contribution in [0.4, 0.5) is 0 Å². The number of carboxylic acids is 1. The largest absolute Gasteiger partial charge is 0.481 e. The maximum absolute atomic E-state index is 14.4. The van der Waals surface area contributed by atoms with E-state index < -0.39 is 5.97 Å². The summed E-state index contributed by atoms with van der Waals surface area (Å²) in [5.41, 5.74) is 1.96. The van der Waals surface area contributed by atoms with Crippen LogP contribution in [0.15, 0.2) is 34.2 Å². The number of aromatic nitrogens is 2. The standard InChI is InChI=1S/C36H53N5O4/c1-4-24-17-25-19-26(18-24)21-29(20-25)40-27-9-7-10-28(40)23-30(22-27)41-33-12-6-5-11-31(33)37-35(36(41)44)32(13-14-34(42)43)38-45-16-8-15-39(2)3/h5-6,11-12,24-30H,4,7-10,13-23H2,1-3H3,(H,42,43)/b38-32+/t24-,25-,26+,27-,28+,29+,30+. The Morgan fingerprint density at radius 2 is 1.69 bits per heavy atom. The van der Waals surface area contributed by atoms with Crippen LogP contribution in [0.1, 0.15) is 109 Å². The molecule has 2 aromatic rings. The Bertz CT molecular complexity index is 1390. The first-order chi connectivity index (χ1) is 21.8. The first kappa shape index (κ1) is 32.2. The molecule has 6 rings (SSSR count). The quantitative estimate of drug-likeness (QED) is 0.174. The molecule has 0 radical (unpaired) electrons. The van der Waals surface area contributed by atoms with Gasteiger partial charge in [-0.25, -0.2) is 4.98 Å². The number of benzene rings is 1. The fraction of sp³-hybridized carbons (Fsp3) is 0.722. The Hall–Kier alpha value is -2.78. The van der Waals surface area contributed by atoms with Gasteiger partial charge in [0.05, 0.1) is 17.5 Å². The summed E-state index contributed by atoms with van der Waals surface area (Å²) in [6.45, 7) is 3.61. The van der Waals surface area contributed by atoms with Gasteiger partial charge in [-0.05, 0) is 108 Å². The summed E-state index contributed by atoms with van der Waals surface area (Å²) in [5.74, 6) is 1.75. The van der Waals surface area contributed by atoms with Crippen molar-refractivity contribution in [3.63, 3.8) is 0 Å². The third kappa shape index (κ3) is 7.30. The number of hydrogen-bond donors (Lipinski definition) is 1. The minimum absolute atomic E-state index is 0.0741. The molecule has 2 saturated carbocycles. The molecule has 9 nitrogen and oxygen atoms in total. The Kier molecular flexibility index (Phi) is 10.2. The molecule has 0 amide bonds. The van der Waals surface area contributed by atoms with Crippen molar-refractivity contribution in [3.8, 4) is 0 Å². The molecule has 1 aromatic carbocycles. The van der Waals surface area contributed by atoms with E-state index in [1.165, 1.54) is 57.8 Å². The van der Waals surface area contributed by atoms with Crippen LogP contribution in [0, 0.1) is 17.8 Å². The minimum Gasteiger partial charge on any atom is -0.481 e. The third-order valence-electron chi connectivity index (χ3n) is 11.2. The van der Waals surface area contributed by atoms with E-state index in [-0.39, 0.29) is 30.1 Å². The molecule has 1 N–H and O–H groups in total. The lowest BCUT2D eigenvalue weighted by atomic mass is 9.64. The molecule has 45 heavy (non-hydrogen) atoms. The zero-order valence-electron chi connectivity index (χ0n) is 27.6. The van der Waals surface area contributed by atoms with Gasteiger partial charge in [-0.3, -0.25) is 14.5 Å². The number of carboxylic acid groups (broad SMARTS) is 1. The van der Waals surface area contributed by atoms with Crippen molar-refractivity contribution >= 4 is 22.7 Å². The highest BCUT2D eigenvalue weighted by Gasteiger charge is 2.46. The second-order valence-corrected chi connectivity index (χ2v) is 14.7. The first-order valence-corrected chi connectivity index (χ1v) is 17.6. The number of rotatable bonds is 12. The van der Waals surface area contributed by atoms with E-state index in [0.29, 0.717) is 30.4 Å². The zero-order chi connectivity index (χ0) is 31.5. The van der Waals surface area contributed by atoms with Gasteiger partial charge in [0, 0.05) is 37.1 Å². The highest BCUT2D eigenvalue weighted by molar-refractivity contribution is 6.00. The molecule has 7 atom stereocenters. The molecule has 4 fully saturated rings. The number of carbonyl (C=O) groups is 1. The first-order valence-electron chi connectivity index (χ1n) is 17.6. The van der Waals surface area contributed by atoms with Crippen LogP contribution in [0.3, 0.4) is 0 Å². The molecule has 0 spiro atoms. The third-order valence-corrected chi connectivity index (χ3v) is 11.2. The van der Waals surface area contributed by atoms with Crippen molar-refractivity contribution in [2.75, 3.05) is 27.2 Å². The van der Waals surface area contributed by atoms with Gasteiger partial charge in [0.15, 0.2) is 5.69 Å². The molecule has 3 heterocycles. The Morgan fingerprint density at radius 3 is 2.36 bits per heavy atom. The summed E-state index contributed by atoms with van der Waals surface area (Å²) in [4.78, 5) is 41.4. The van der Waals surface area contributed by atoms with Crippen LogP contribution in [-0.2, 0) is 9.63 Å². The average Bonchev–Trinajstić information content (AvgIpc) is 3.00. The number of fused-ring (bicyclic) bond motifs is 5. The van der Waals surface area contributed by atoms with E-state index in [2.05, 4.69) is 21.9 Å². The predicted octanol–water partition coefficient (Wildman–Crippen LogP) is 6.10. The average molecular weight is 620 g/mol. The van der Waals surface area contributed by atoms with Crippen molar-refractivity contribution < 1.29 is 14.7 Å². The summed E-state index contributed by atoms with van der Waals surface area (Å²) in [6, 6.07) is 9.63. The van der Waals surface area contributed by atoms with Crippen molar-refractivity contribution in [3.05, 3.63) is 40.3 Å². The van der Waals surface area contributed by atoms with Crippen molar-refractivity contribution in [1.29, 1.82) is 0 Å². The van der Waals surface area contributed by atoms with Crippen molar-refractivity contribution in [2.24, 2.45) is 22.9 Å². The van der Waals surface area contributed by atoms with Crippen LogP contribution >= 0.6 is 0 Å². The molecule has 246 valence electrons. The second-order valence-electron chi connectivity index (χ2n) is 14.7. The molecular weight excluding hydrogens is 566 g/mol. The molecule has 4 aliphatic rings. The Balaban J connectivity index is 1.29. The topological polar surface area (TPSA) is 100 Å². The maximum Gasteiger partial charge on any atom is 0.303 e. The monoisotopic (exact) mass is 619 g/mol. The van der Waals surface area contributed by atoms with Gasteiger partial charge in [-0.15, -0.1) is 0 Å². The van der Waals surface area contributed by atoms with Crippen molar-refractivity contribution in [1.82, 2.24) is 19.4 Å². The number of oxime groups is 1. The molecular formula is C36H53N5O4. The van der Waals surface area contributed by atoms with E-state index in [9.17, 15) is 14.7 Å². The minimum atomic E-state index is -0.936. The van der Waals surface area contributed by atoms with E-state index in [0.717, 1.165) is 54.6 Å². The second kappa shape index (κ2) is 14.3. The number of hydrogen-bond acceptors (Lipinski definition) is 7. The molecule has 0 unspecified atom stereocenters. The molecule has 4 bridgehead atoms. The lowest BCUT2D eigenvalue weighted by molar-refractivity contribution is -0.136. The van der Waals surface area contributed by atoms with Gasteiger partial charge in [0.1, 0.15) is 12.3 Å². The summed E-state index contributed by atoms with van der Waals surface area (Å²) in [6.07, 6.45) is 14.6. The lowest BCUT2D eigenvalue weighted by Crippen LogP contribution is -2.59. The van der Waals surface area contributed by atoms with Gasteiger partial charge < -0.3 is 19.4 Å². The smallest absolute Gasteiger partial charge is 0.303 e. The molecule has 1 aromatic heterocycles. The fourth-order valence-corrected chi connectivity index (χ4v) is 9.43. The van der Waals surface area contributed by atoms with Gasteiger partial charge in [0.25, 0.3) is 5.56 Å². The number of piperidine rings is 2. The van der Waals surface area contributed by atoms with E-state index >= 15 is 0 Å². The predicted molar refractivity (Wildman–Crippen MR) is 178 cm³/mol. The highest BCUT2D eigenvalue weighted by Crippen LogP contribution is 2.49. The van der Waals surface area contributed by atoms with Crippen LogP contribution in [0.2, 0.25) is 0 Å². The molecule has 2 saturated heterocycles. The number of aliphatic carboxylic acids is 1. The van der Waals surface area contributed by atoms with Crippen LogP contribution < -0.4 is 5.56 Å². The summed E-state index contributed by atoms with van der Waals surface area (Å²) >= 11 is 0. The van der Waals surface area contributed by atoms with Crippen molar-refractivity contribution in [2.45, 2.75) is 121 Å². The lowest BCUT2D eigenvalue weighted by Gasteiger charge is -2.56. The molecule has 2 aliphatic carbocycles. The molecule has 9 heteroatoms. The van der Waals surface area contributed by atoms with Gasteiger partial charge in [0.2, 0.25) is 0 Å². The summed E-state index contributed by atoms with van der Waals surface area (Å²) in [5, 5.41) is 13.8. The normalized spacial score (nSPS) is 30.5. The summed E-state index contributed by atoms with van der Waals surface area (Å²) in [7, 11) is 4.01. The number of para-hydroxylation sites is 2. The number of nitrogens with zero attached hydrogens (tertiary/aromatic N) is 5. The zero-order valence-corrected chi connectivity index (χ0v) is 27.6. The molecule has 2 aliphatic heterocycles. The summed E-state index contributed by atoms with van der Waals surface area (Å²) < 4.78 is 1.99. The SMILES string of the molecule is CC[C@@H]1C[C@@H]2C[C@H](C1)C[C@@H](N1[C@@H]3CCC[C@H]1C[C@@H](n1c(=O)c(/C(CCC(=O)O)=N/OCCCN(C)C)nc4ccccc41)C3)C2. The van der Waals surface area contributed by atoms with Crippen LogP contribution in [-0.4, -0.2) is 81.5 Å². The van der Waals surface area contributed by atoms with Gasteiger partial charge >= 0.3 is 5.97 Å². The van der Waals surface area contributed by atoms with E-state index in [4.69, 9.17) is 9.82 Å². The highest BCUT2D eigenvalue weighted by atomic mass is 16.6. The maximum atomic E-state index is 14.4. The van der Waals surface area contributed by atoms with E-state index in [1.807, 2.05) is 42.9 Å². The Labute approximate surface area is 268 Å². The fourth-order valence-electron chi connectivity index (χ4n) is 9.43. The Morgan fingerprint density at radius 1 is 0.978 bits per heavy atom. The van der Waals surface area contributed by atoms with Gasteiger partial charge in [-0.2, -0.15) is 0 Å². The van der Waals surface area contributed by atoms with Gasteiger partial charge in [-0.1, -0.05) is 37.1 Å². The van der Waals surface area contributed by atoms with Crippen LogP contribution in [0.5, 0.6) is 0 Å². The van der Waals surface area contributed by atoms with E-state index in [1.54, 1.807) is 0 Å².